The number of hydrogen-bond donors (Lipinski definition) is 0. The van der Waals surface area contributed by atoms with Gasteiger partial charge >= 0.3 is 0 Å². The normalized spacial score (nSPS) is 12.1. The van der Waals surface area contributed by atoms with Crippen LogP contribution in [0.15, 0.2) is 30.3 Å². The number of hydrogen-bond acceptors (Lipinski definition) is 5. The van der Waals surface area contributed by atoms with E-state index >= 15 is 0 Å². The third-order valence-corrected chi connectivity index (χ3v) is 8.00. The van der Waals surface area contributed by atoms with Crippen LogP contribution in [0.2, 0.25) is 5.02 Å². The van der Waals surface area contributed by atoms with Crippen LogP contribution < -0.4 is 14.2 Å². The van der Waals surface area contributed by atoms with Crippen molar-refractivity contribution in [3.05, 3.63) is 69.3 Å². The van der Waals surface area contributed by atoms with Crippen molar-refractivity contribution < 1.29 is 19.0 Å². The number of aromatic nitrogens is 2. The average molecular weight is 569 g/mol. The predicted molar refractivity (Wildman–Crippen MR) is 163 cm³/mol. The van der Waals surface area contributed by atoms with E-state index in [0.29, 0.717) is 35.9 Å². The van der Waals surface area contributed by atoms with E-state index in [1.54, 1.807) is 26.4 Å². The SMILES string of the molecule is CCc1ccc(OC)c(Cn2c(CC(CCC(C)C)C(=O)c3ccc(OC)c(OC)c3Cl)nc(CC)c2CC)c1. The van der Waals surface area contributed by atoms with Crippen molar-refractivity contribution in [1.29, 1.82) is 0 Å². The summed E-state index contributed by atoms with van der Waals surface area (Å²) >= 11 is 6.71. The Morgan fingerprint density at radius 1 is 0.925 bits per heavy atom. The summed E-state index contributed by atoms with van der Waals surface area (Å²) in [6.45, 7) is 11.5. The molecule has 2 aromatic carbocycles. The fourth-order valence-corrected chi connectivity index (χ4v) is 5.67. The van der Waals surface area contributed by atoms with Gasteiger partial charge < -0.3 is 18.8 Å². The molecule has 7 heteroatoms. The summed E-state index contributed by atoms with van der Waals surface area (Å²) in [6.07, 6.45) is 4.84. The van der Waals surface area contributed by atoms with Crippen LogP contribution in [0.3, 0.4) is 0 Å². The molecule has 1 heterocycles. The number of methoxy groups -OCH3 is 3. The molecule has 0 spiro atoms. The molecule has 3 aromatic rings. The number of ether oxygens (including phenoxy) is 3. The van der Waals surface area contributed by atoms with Gasteiger partial charge in [0.25, 0.3) is 0 Å². The molecular formula is C33H45ClN2O4. The van der Waals surface area contributed by atoms with E-state index in [1.165, 1.54) is 18.4 Å². The van der Waals surface area contributed by atoms with Gasteiger partial charge in [-0.1, -0.05) is 64.8 Å². The lowest BCUT2D eigenvalue weighted by Gasteiger charge is -2.21. The first kappa shape index (κ1) is 31.5. The Labute approximate surface area is 245 Å². The fraction of sp³-hybridized carbons (Fsp3) is 0.515. The maximum atomic E-state index is 14.1. The van der Waals surface area contributed by atoms with Gasteiger partial charge in [-0.15, -0.1) is 0 Å². The summed E-state index contributed by atoms with van der Waals surface area (Å²) in [7, 11) is 4.80. The van der Waals surface area contributed by atoms with Gasteiger partial charge in [0.05, 0.1) is 38.6 Å². The number of halogens is 1. The van der Waals surface area contributed by atoms with Gasteiger partial charge in [0.1, 0.15) is 11.6 Å². The molecule has 0 bridgehead atoms. The second-order valence-electron chi connectivity index (χ2n) is 10.6. The molecule has 0 aliphatic carbocycles. The molecule has 3 rings (SSSR count). The fourth-order valence-electron chi connectivity index (χ4n) is 5.34. The maximum absolute atomic E-state index is 14.1. The van der Waals surface area contributed by atoms with Gasteiger partial charge in [-0.25, -0.2) is 4.98 Å². The van der Waals surface area contributed by atoms with Gasteiger partial charge in [0.15, 0.2) is 17.3 Å². The number of carbonyl (C=O) groups excluding carboxylic acids is 1. The average Bonchev–Trinajstić information content (AvgIpc) is 3.29. The largest absolute Gasteiger partial charge is 0.496 e. The molecule has 1 aromatic heterocycles. The first-order valence-electron chi connectivity index (χ1n) is 14.4. The van der Waals surface area contributed by atoms with E-state index in [0.717, 1.165) is 54.9 Å². The molecule has 0 aliphatic rings. The van der Waals surface area contributed by atoms with Gasteiger partial charge in [0, 0.05) is 29.2 Å². The number of rotatable bonds is 15. The minimum atomic E-state index is -0.280. The molecule has 0 aliphatic heterocycles. The van der Waals surface area contributed by atoms with Crippen LogP contribution in [0.1, 0.15) is 86.2 Å². The monoisotopic (exact) mass is 568 g/mol. The first-order chi connectivity index (χ1) is 19.2. The molecule has 0 N–H and O–H groups in total. The lowest BCUT2D eigenvalue weighted by Crippen LogP contribution is -2.22. The molecule has 0 fully saturated rings. The van der Waals surface area contributed by atoms with Gasteiger partial charge in [0.2, 0.25) is 0 Å². The molecule has 218 valence electrons. The van der Waals surface area contributed by atoms with Gasteiger partial charge in [-0.05, 0) is 55.4 Å². The minimum absolute atomic E-state index is 0.00260. The van der Waals surface area contributed by atoms with Crippen LogP contribution in [0.25, 0.3) is 0 Å². The highest BCUT2D eigenvalue weighted by atomic mass is 35.5. The summed E-state index contributed by atoms with van der Waals surface area (Å²) in [5.41, 5.74) is 5.13. The number of carbonyl (C=O) groups is 1. The highest BCUT2D eigenvalue weighted by molar-refractivity contribution is 6.35. The Morgan fingerprint density at radius 3 is 2.20 bits per heavy atom. The van der Waals surface area contributed by atoms with E-state index in [9.17, 15) is 4.79 Å². The molecular weight excluding hydrogens is 524 g/mol. The number of nitrogens with zero attached hydrogens (tertiary/aromatic N) is 2. The van der Waals surface area contributed by atoms with Crippen molar-refractivity contribution in [2.75, 3.05) is 21.3 Å². The van der Waals surface area contributed by atoms with Crippen LogP contribution in [0.4, 0.5) is 0 Å². The standard InChI is InChI=1S/C33H45ClN2O4/c1-9-22-13-16-28(38-6)24(18-22)20-36-27(11-3)26(10-2)35-30(36)19-23(14-12-21(4)5)32(37)25-15-17-29(39-7)33(40-8)31(25)34/h13,15-18,21,23H,9-12,14,19-20H2,1-8H3. The zero-order valence-electron chi connectivity index (χ0n) is 25.4. The smallest absolute Gasteiger partial charge is 0.180 e. The number of imidazole rings is 1. The Morgan fingerprint density at radius 2 is 1.62 bits per heavy atom. The van der Waals surface area contributed by atoms with Crippen LogP contribution in [0.5, 0.6) is 17.2 Å². The third kappa shape index (κ3) is 7.01. The van der Waals surface area contributed by atoms with Crippen molar-refractivity contribution in [2.24, 2.45) is 11.8 Å². The highest BCUT2D eigenvalue weighted by Gasteiger charge is 2.28. The van der Waals surface area contributed by atoms with Gasteiger partial charge in [-0.2, -0.15) is 0 Å². The lowest BCUT2D eigenvalue weighted by atomic mass is 9.87. The highest BCUT2D eigenvalue weighted by Crippen LogP contribution is 2.39. The van der Waals surface area contributed by atoms with Crippen molar-refractivity contribution in [3.63, 3.8) is 0 Å². The molecule has 0 saturated carbocycles. The van der Waals surface area contributed by atoms with Crippen molar-refractivity contribution in [2.45, 2.75) is 79.7 Å². The zero-order valence-corrected chi connectivity index (χ0v) is 26.2. The number of ketones is 1. The van der Waals surface area contributed by atoms with E-state index in [-0.39, 0.29) is 16.7 Å². The van der Waals surface area contributed by atoms with E-state index < -0.39 is 0 Å². The lowest BCUT2D eigenvalue weighted by molar-refractivity contribution is 0.0906. The zero-order chi connectivity index (χ0) is 29.4. The van der Waals surface area contributed by atoms with E-state index in [2.05, 4.69) is 51.3 Å². The molecule has 0 amide bonds. The Bertz CT molecular complexity index is 1300. The van der Waals surface area contributed by atoms with Crippen molar-refractivity contribution >= 4 is 17.4 Å². The third-order valence-electron chi connectivity index (χ3n) is 7.63. The summed E-state index contributed by atoms with van der Waals surface area (Å²) in [5.74, 6) is 2.86. The molecule has 6 nitrogen and oxygen atoms in total. The molecule has 0 radical (unpaired) electrons. The number of Topliss-reactive ketones (excluding diaryl/α,β-unsaturated/α-hetero) is 1. The van der Waals surface area contributed by atoms with Crippen LogP contribution >= 0.6 is 11.6 Å². The molecule has 0 saturated heterocycles. The Kier molecular flexibility index (Phi) is 11.5. The van der Waals surface area contributed by atoms with Crippen LogP contribution in [0, 0.1) is 11.8 Å². The first-order valence-corrected chi connectivity index (χ1v) is 14.8. The van der Waals surface area contributed by atoms with Crippen LogP contribution in [-0.2, 0) is 32.2 Å². The topological polar surface area (TPSA) is 62.6 Å². The van der Waals surface area contributed by atoms with E-state index in [1.807, 2.05) is 6.07 Å². The Balaban J connectivity index is 2.09. The van der Waals surface area contributed by atoms with E-state index in [4.69, 9.17) is 30.8 Å². The molecule has 1 atom stereocenters. The van der Waals surface area contributed by atoms with Crippen molar-refractivity contribution in [3.8, 4) is 17.2 Å². The minimum Gasteiger partial charge on any atom is -0.496 e. The van der Waals surface area contributed by atoms with Gasteiger partial charge in [-0.3, -0.25) is 4.79 Å². The predicted octanol–water partition coefficient (Wildman–Crippen LogP) is 7.78. The maximum Gasteiger partial charge on any atom is 0.180 e. The molecule has 40 heavy (non-hydrogen) atoms. The summed E-state index contributed by atoms with van der Waals surface area (Å²) in [6, 6.07) is 9.87. The number of aryl methyl sites for hydroxylation is 2. The Hall–Kier alpha value is -2.99. The quantitative estimate of drug-likeness (QED) is 0.175. The summed E-state index contributed by atoms with van der Waals surface area (Å²) in [5, 5.41) is 0.286. The summed E-state index contributed by atoms with van der Waals surface area (Å²) in [4.78, 5) is 19.2. The number of benzene rings is 2. The van der Waals surface area contributed by atoms with Crippen LogP contribution in [-0.4, -0.2) is 36.7 Å². The summed E-state index contributed by atoms with van der Waals surface area (Å²) < 4.78 is 18.9. The second-order valence-corrected chi connectivity index (χ2v) is 11.0. The van der Waals surface area contributed by atoms with Crippen molar-refractivity contribution in [1.82, 2.24) is 9.55 Å². The second kappa shape index (κ2) is 14.6. The molecule has 1 unspecified atom stereocenters.